The Bertz CT molecular complexity index is 1220. The normalized spacial score (nSPS) is 26.9. The zero-order valence-corrected chi connectivity index (χ0v) is 22.2. The summed E-state index contributed by atoms with van der Waals surface area (Å²) in [5.74, 6) is 2.41. The standard InChI is InChI=1S/C30H35NO6/c1-17-14-18(2)28-22(15-17)27(32)25-26(20-8-11-23(35-4)24(16-20)36-5)31(30(33)29(25)37-28)13-12-19-6-9-21(34-3)10-7-19/h6-11,16-18,22,26,28H,12-15H2,1-5H3. The predicted molar refractivity (Wildman–Crippen MR) is 139 cm³/mol. The Morgan fingerprint density at radius 1 is 0.919 bits per heavy atom. The van der Waals surface area contributed by atoms with Crippen LogP contribution in [-0.4, -0.2) is 50.6 Å². The number of carbonyl (C=O) groups excluding carboxylic acids is 2. The summed E-state index contributed by atoms with van der Waals surface area (Å²) in [6.45, 7) is 4.75. The third-order valence-corrected chi connectivity index (χ3v) is 8.05. The number of rotatable bonds is 7. The summed E-state index contributed by atoms with van der Waals surface area (Å²) < 4.78 is 22.7. The Morgan fingerprint density at radius 3 is 2.32 bits per heavy atom. The number of amides is 1. The van der Waals surface area contributed by atoms with E-state index < -0.39 is 6.04 Å². The maximum absolute atomic E-state index is 14.0. The van der Waals surface area contributed by atoms with Crippen molar-refractivity contribution >= 4 is 11.7 Å². The van der Waals surface area contributed by atoms with Gasteiger partial charge in [-0.2, -0.15) is 0 Å². The molecule has 1 saturated carbocycles. The van der Waals surface area contributed by atoms with Gasteiger partial charge in [0.25, 0.3) is 5.91 Å². The number of ketones is 1. The number of benzene rings is 2. The first-order valence-electron chi connectivity index (χ1n) is 13.0. The second kappa shape index (κ2) is 10.1. The Balaban J connectivity index is 1.53. The second-order valence-corrected chi connectivity index (χ2v) is 10.5. The lowest BCUT2D eigenvalue weighted by Crippen LogP contribution is -2.45. The van der Waals surface area contributed by atoms with E-state index in [9.17, 15) is 9.59 Å². The Kier molecular flexibility index (Phi) is 6.88. The molecule has 0 saturated heterocycles. The number of hydrogen-bond acceptors (Lipinski definition) is 6. The number of nitrogens with zero attached hydrogens (tertiary/aromatic N) is 1. The smallest absolute Gasteiger partial charge is 0.290 e. The van der Waals surface area contributed by atoms with Gasteiger partial charge in [0.15, 0.2) is 23.0 Å². The van der Waals surface area contributed by atoms with Gasteiger partial charge in [-0.1, -0.05) is 32.0 Å². The number of hydrogen-bond donors (Lipinski definition) is 0. The van der Waals surface area contributed by atoms with Crippen LogP contribution >= 0.6 is 0 Å². The van der Waals surface area contributed by atoms with E-state index in [0.29, 0.717) is 36.0 Å². The zero-order valence-electron chi connectivity index (χ0n) is 22.2. The molecule has 2 aromatic rings. The summed E-state index contributed by atoms with van der Waals surface area (Å²) in [4.78, 5) is 29.6. The largest absolute Gasteiger partial charge is 0.497 e. The first-order chi connectivity index (χ1) is 17.9. The molecule has 2 heterocycles. The fourth-order valence-electron chi connectivity index (χ4n) is 6.26. The van der Waals surface area contributed by atoms with Crippen molar-refractivity contribution in [2.75, 3.05) is 27.9 Å². The molecule has 7 heteroatoms. The number of ether oxygens (including phenoxy) is 4. The van der Waals surface area contributed by atoms with Crippen LogP contribution in [0.3, 0.4) is 0 Å². The molecule has 1 aliphatic carbocycles. The highest BCUT2D eigenvalue weighted by molar-refractivity contribution is 6.11. The summed E-state index contributed by atoms with van der Waals surface area (Å²) in [5, 5.41) is 0. The molecule has 37 heavy (non-hydrogen) atoms. The van der Waals surface area contributed by atoms with Crippen molar-refractivity contribution < 1.29 is 28.5 Å². The maximum Gasteiger partial charge on any atom is 0.290 e. The molecule has 196 valence electrons. The summed E-state index contributed by atoms with van der Waals surface area (Å²) in [6, 6.07) is 12.9. The number of methoxy groups -OCH3 is 3. The van der Waals surface area contributed by atoms with Gasteiger partial charge >= 0.3 is 0 Å². The van der Waals surface area contributed by atoms with E-state index in [1.165, 1.54) is 0 Å². The molecule has 2 aliphatic heterocycles. The molecule has 3 aliphatic rings. The Labute approximate surface area is 218 Å². The van der Waals surface area contributed by atoms with Gasteiger partial charge in [0, 0.05) is 6.54 Å². The summed E-state index contributed by atoms with van der Waals surface area (Å²) in [7, 11) is 4.80. The van der Waals surface area contributed by atoms with Crippen LogP contribution in [0.2, 0.25) is 0 Å². The molecule has 7 nitrogen and oxygen atoms in total. The monoisotopic (exact) mass is 505 g/mol. The summed E-state index contributed by atoms with van der Waals surface area (Å²) in [5.41, 5.74) is 2.36. The van der Waals surface area contributed by atoms with Crippen LogP contribution in [0.5, 0.6) is 17.2 Å². The van der Waals surface area contributed by atoms with Gasteiger partial charge in [0.05, 0.1) is 38.9 Å². The molecule has 5 rings (SSSR count). The molecule has 0 radical (unpaired) electrons. The third kappa shape index (κ3) is 4.45. The predicted octanol–water partition coefficient (Wildman–Crippen LogP) is 4.74. The van der Waals surface area contributed by atoms with Crippen LogP contribution in [0.15, 0.2) is 53.8 Å². The first-order valence-corrected chi connectivity index (χ1v) is 13.0. The highest BCUT2D eigenvalue weighted by Crippen LogP contribution is 2.49. The minimum Gasteiger partial charge on any atom is -0.497 e. The summed E-state index contributed by atoms with van der Waals surface area (Å²) in [6.07, 6.45) is 2.16. The molecular formula is C30H35NO6. The molecule has 1 fully saturated rings. The van der Waals surface area contributed by atoms with Crippen LogP contribution in [0.4, 0.5) is 0 Å². The quantitative estimate of drug-likeness (QED) is 0.541. The zero-order chi connectivity index (χ0) is 26.3. The molecule has 5 unspecified atom stereocenters. The second-order valence-electron chi connectivity index (χ2n) is 10.5. The van der Waals surface area contributed by atoms with E-state index in [2.05, 4.69) is 13.8 Å². The fraction of sp³-hybridized carbons (Fsp3) is 0.467. The van der Waals surface area contributed by atoms with Crippen LogP contribution in [0.1, 0.15) is 43.9 Å². The lowest BCUT2D eigenvalue weighted by molar-refractivity contribution is -0.138. The van der Waals surface area contributed by atoms with Crippen LogP contribution in [-0.2, 0) is 20.7 Å². The van der Waals surface area contributed by atoms with Gasteiger partial charge in [-0.15, -0.1) is 0 Å². The topological polar surface area (TPSA) is 74.3 Å². The molecule has 0 spiro atoms. The van der Waals surface area contributed by atoms with Crippen molar-refractivity contribution in [3.63, 3.8) is 0 Å². The Morgan fingerprint density at radius 2 is 1.65 bits per heavy atom. The lowest BCUT2D eigenvalue weighted by Gasteiger charge is -2.41. The van der Waals surface area contributed by atoms with Crippen molar-refractivity contribution in [1.29, 1.82) is 0 Å². The Hall–Kier alpha value is -3.48. The van der Waals surface area contributed by atoms with E-state index >= 15 is 0 Å². The molecule has 0 N–H and O–H groups in total. The number of Topliss-reactive ketones (excluding diaryl/α,β-unsaturated/α-hetero) is 1. The van der Waals surface area contributed by atoms with Crippen molar-refractivity contribution in [2.24, 2.45) is 17.8 Å². The molecule has 5 atom stereocenters. The van der Waals surface area contributed by atoms with Gasteiger partial charge in [0.1, 0.15) is 11.9 Å². The molecule has 1 amide bonds. The maximum atomic E-state index is 14.0. The van der Waals surface area contributed by atoms with Crippen LogP contribution in [0.25, 0.3) is 0 Å². The van der Waals surface area contributed by atoms with Crippen LogP contribution in [0, 0.1) is 17.8 Å². The molecule has 0 aromatic heterocycles. The third-order valence-electron chi connectivity index (χ3n) is 8.05. The van der Waals surface area contributed by atoms with Gasteiger partial charge < -0.3 is 23.8 Å². The average Bonchev–Trinajstić information content (AvgIpc) is 3.19. The van der Waals surface area contributed by atoms with Crippen molar-refractivity contribution in [2.45, 2.75) is 45.3 Å². The fourth-order valence-corrected chi connectivity index (χ4v) is 6.26. The minimum absolute atomic E-state index is 0.0460. The minimum atomic E-state index is -0.540. The number of fused-ring (bicyclic) bond motifs is 1. The van der Waals surface area contributed by atoms with Gasteiger partial charge in [0.2, 0.25) is 0 Å². The van der Waals surface area contributed by atoms with Gasteiger partial charge in [-0.05, 0) is 66.5 Å². The summed E-state index contributed by atoms with van der Waals surface area (Å²) >= 11 is 0. The highest BCUT2D eigenvalue weighted by atomic mass is 16.5. The van der Waals surface area contributed by atoms with Crippen molar-refractivity contribution in [3.8, 4) is 17.2 Å². The molecule has 2 aromatic carbocycles. The van der Waals surface area contributed by atoms with E-state index in [1.807, 2.05) is 42.5 Å². The van der Waals surface area contributed by atoms with E-state index in [1.54, 1.807) is 26.2 Å². The van der Waals surface area contributed by atoms with E-state index in [-0.39, 0.29) is 35.4 Å². The van der Waals surface area contributed by atoms with E-state index in [0.717, 1.165) is 29.7 Å². The van der Waals surface area contributed by atoms with Gasteiger partial charge in [-0.25, -0.2) is 0 Å². The SMILES string of the molecule is COc1ccc(CCN2C(=O)C3=C(C(=O)C4CC(C)CC(C)C4O3)C2c2ccc(OC)c(OC)c2)cc1. The van der Waals surface area contributed by atoms with Crippen LogP contribution < -0.4 is 14.2 Å². The average molecular weight is 506 g/mol. The highest BCUT2D eigenvalue weighted by Gasteiger charge is 2.53. The van der Waals surface area contributed by atoms with Gasteiger partial charge in [-0.3, -0.25) is 9.59 Å². The first kappa shape index (κ1) is 25.2. The lowest BCUT2D eigenvalue weighted by atomic mass is 9.70. The van der Waals surface area contributed by atoms with E-state index in [4.69, 9.17) is 18.9 Å². The van der Waals surface area contributed by atoms with Crippen molar-refractivity contribution in [3.05, 3.63) is 64.9 Å². The molecular weight excluding hydrogens is 470 g/mol. The number of carbonyl (C=O) groups is 2. The van der Waals surface area contributed by atoms with Crippen molar-refractivity contribution in [1.82, 2.24) is 4.90 Å². The molecule has 0 bridgehead atoms.